The number of nitrogens with two attached hydrogens (primary N) is 1. The van der Waals surface area contributed by atoms with Gasteiger partial charge < -0.3 is 4.57 Å². The zero-order chi connectivity index (χ0) is 28.5. The lowest BCUT2D eigenvalue weighted by Crippen LogP contribution is -2.38. The average Bonchev–Trinajstić information content (AvgIpc) is 3.15. The zero-order valence-electron chi connectivity index (χ0n) is 21.8. The molecule has 214 valence electrons. The van der Waals surface area contributed by atoms with Gasteiger partial charge in [0.1, 0.15) is 4.90 Å². The van der Waals surface area contributed by atoms with Crippen molar-refractivity contribution in [2.75, 3.05) is 11.0 Å². The predicted molar refractivity (Wildman–Crippen MR) is 150 cm³/mol. The van der Waals surface area contributed by atoms with E-state index in [0.29, 0.717) is 23.1 Å². The molecule has 13 heteroatoms. The van der Waals surface area contributed by atoms with Gasteiger partial charge in [-0.05, 0) is 69.7 Å². The van der Waals surface area contributed by atoms with Crippen LogP contribution in [0.15, 0.2) is 34.1 Å². The third-order valence-electron chi connectivity index (χ3n) is 7.05. The first kappa shape index (κ1) is 31.4. The Kier molecular flexibility index (Phi) is 10.0. The fourth-order valence-electron chi connectivity index (χ4n) is 5.14. The molecule has 1 heterocycles. The predicted octanol–water partition coefficient (Wildman–Crippen LogP) is 5.93. The van der Waals surface area contributed by atoms with Crippen molar-refractivity contribution < 1.29 is 30.0 Å². The number of benzene rings is 1. The Morgan fingerprint density at radius 2 is 1.71 bits per heavy atom. The molecule has 0 saturated heterocycles. The first-order valence-electron chi connectivity index (χ1n) is 12.6. The van der Waals surface area contributed by atoms with Gasteiger partial charge in [-0.25, -0.2) is 22.0 Å². The molecule has 1 saturated carbocycles. The minimum absolute atomic E-state index is 0.0773. The van der Waals surface area contributed by atoms with Crippen LogP contribution >= 0.6 is 22.6 Å². The molecule has 7 nitrogen and oxygen atoms in total. The molecular weight excluding hydrogens is 654 g/mol. The number of aromatic nitrogens is 1. The molecular formula is C25H35F3IN3O4S2. The average molecular weight is 690 g/mol. The second-order valence-electron chi connectivity index (χ2n) is 10.1. The van der Waals surface area contributed by atoms with Gasteiger partial charge in [0.05, 0.1) is 10.5 Å². The highest BCUT2D eigenvalue weighted by Gasteiger charge is 2.40. The lowest BCUT2D eigenvalue weighted by molar-refractivity contribution is -0.139. The maximum Gasteiger partial charge on any atom is 0.417 e. The van der Waals surface area contributed by atoms with Crippen LogP contribution in [0, 0.1) is 12.8 Å². The van der Waals surface area contributed by atoms with Gasteiger partial charge in [0.15, 0.2) is 0 Å². The van der Waals surface area contributed by atoms with E-state index in [-0.39, 0.29) is 28.6 Å². The Labute approximate surface area is 237 Å². The van der Waals surface area contributed by atoms with Gasteiger partial charge in [-0.15, -0.1) is 0 Å². The Morgan fingerprint density at radius 3 is 2.24 bits per heavy atom. The van der Waals surface area contributed by atoms with Crippen molar-refractivity contribution >= 4 is 42.6 Å². The fraction of sp³-hybridized carbons (Fsp3) is 0.600. The van der Waals surface area contributed by atoms with Gasteiger partial charge >= 0.3 is 6.18 Å². The van der Waals surface area contributed by atoms with Gasteiger partial charge in [-0.1, -0.05) is 47.9 Å². The quantitative estimate of drug-likeness (QED) is 0.247. The van der Waals surface area contributed by atoms with Crippen LogP contribution in [-0.2, 0) is 32.8 Å². The first-order valence-corrected chi connectivity index (χ1v) is 17.1. The summed E-state index contributed by atoms with van der Waals surface area (Å²) in [6.45, 7) is 5.38. The van der Waals surface area contributed by atoms with E-state index in [9.17, 15) is 30.0 Å². The Morgan fingerprint density at radius 1 is 1.08 bits per heavy atom. The summed E-state index contributed by atoms with van der Waals surface area (Å²) in [6.07, 6.45) is 0.620. The largest absolute Gasteiger partial charge is 0.417 e. The van der Waals surface area contributed by atoms with E-state index in [0.717, 1.165) is 48.5 Å². The highest BCUT2D eigenvalue weighted by atomic mass is 127. The summed E-state index contributed by atoms with van der Waals surface area (Å²) in [7, 11) is -8.59. The highest BCUT2D eigenvalue weighted by Crippen LogP contribution is 2.40. The van der Waals surface area contributed by atoms with Crippen molar-refractivity contribution in [2.24, 2.45) is 11.1 Å². The smallest absolute Gasteiger partial charge is 0.343 e. The molecule has 2 aromatic rings. The number of hydrogen-bond acceptors (Lipinski definition) is 4. The van der Waals surface area contributed by atoms with Crippen molar-refractivity contribution in [1.82, 2.24) is 8.87 Å². The summed E-state index contributed by atoms with van der Waals surface area (Å²) in [4.78, 5) is -0.969. The first-order chi connectivity index (χ1) is 17.6. The minimum atomic E-state index is -4.96. The molecule has 0 atom stereocenters. The Balaban J connectivity index is 2.20. The molecule has 3 rings (SSSR count). The third kappa shape index (κ3) is 6.94. The van der Waals surface area contributed by atoms with Crippen LogP contribution in [-0.4, -0.2) is 42.7 Å². The maximum atomic E-state index is 14.3. The van der Waals surface area contributed by atoms with Crippen molar-refractivity contribution in [1.29, 1.82) is 0 Å². The molecule has 0 spiro atoms. The Bertz CT molecular complexity index is 1350. The number of rotatable bonds is 10. The second kappa shape index (κ2) is 12.1. The van der Waals surface area contributed by atoms with Crippen LogP contribution in [0.5, 0.6) is 0 Å². The van der Waals surface area contributed by atoms with E-state index in [1.165, 1.54) is 12.1 Å². The molecule has 1 aromatic carbocycles. The topological polar surface area (TPSA) is 102 Å². The van der Waals surface area contributed by atoms with E-state index in [4.69, 9.17) is 5.14 Å². The van der Waals surface area contributed by atoms with Crippen LogP contribution in [0.3, 0.4) is 0 Å². The molecule has 1 aromatic heterocycles. The van der Waals surface area contributed by atoms with Crippen molar-refractivity contribution in [2.45, 2.75) is 87.9 Å². The summed E-state index contributed by atoms with van der Waals surface area (Å²) in [5.41, 5.74) is -0.593. The molecule has 2 N–H and O–H groups in total. The maximum absolute atomic E-state index is 14.3. The van der Waals surface area contributed by atoms with Gasteiger partial charge in [-0.2, -0.15) is 17.5 Å². The molecule has 1 fully saturated rings. The van der Waals surface area contributed by atoms with Crippen LogP contribution in [0.25, 0.3) is 11.3 Å². The monoisotopic (exact) mass is 689 g/mol. The lowest BCUT2D eigenvalue weighted by Gasteiger charge is -2.27. The van der Waals surface area contributed by atoms with Crippen LogP contribution in [0.2, 0.25) is 0 Å². The van der Waals surface area contributed by atoms with Crippen molar-refractivity contribution in [3.8, 4) is 11.3 Å². The molecule has 0 radical (unpaired) electrons. The van der Waals surface area contributed by atoms with E-state index in [2.05, 4.69) is 22.6 Å². The summed E-state index contributed by atoms with van der Waals surface area (Å²) in [5, 5.41) is 5.43. The summed E-state index contributed by atoms with van der Waals surface area (Å²) in [6, 6.07) is 3.87. The number of nitrogens with zero attached hydrogens (tertiary/aromatic N) is 2. The van der Waals surface area contributed by atoms with Gasteiger partial charge in [0.25, 0.3) is 0 Å². The minimum Gasteiger partial charge on any atom is -0.343 e. The van der Waals surface area contributed by atoms with Gasteiger partial charge in [0, 0.05) is 34.9 Å². The molecule has 1 aliphatic rings. The van der Waals surface area contributed by atoms with Crippen LogP contribution in [0.1, 0.15) is 63.6 Å². The van der Waals surface area contributed by atoms with E-state index in [1.54, 1.807) is 25.3 Å². The van der Waals surface area contributed by atoms with E-state index >= 15 is 0 Å². The standard InChI is InChI=1S/C25H35F3IN3O4S2/c1-17(2)32(13-7-12-29)38(35,36)23-11-10-20(14-21(23)25(26,27)28)22-15-24(37(30,33)34)18(3)31(22)16-19-8-5-4-6-9-19/h10-11,14-15,17,19H,4-9,12-13,16H2,1-3H3,(H2,30,33,34). The summed E-state index contributed by atoms with van der Waals surface area (Å²) in [5.74, 6) is 0.251. The number of sulfonamides is 2. The summed E-state index contributed by atoms with van der Waals surface area (Å²) < 4.78 is 97.9. The molecule has 0 amide bonds. The lowest BCUT2D eigenvalue weighted by atomic mass is 9.89. The van der Waals surface area contributed by atoms with Crippen LogP contribution < -0.4 is 5.14 Å². The number of primary sulfonamides is 1. The van der Waals surface area contributed by atoms with E-state index < -0.39 is 42.7 Å². The fourth-order valence-corrected chi connectivity index (χ4v) is 8.15. The zero-order valence-corrected chi connectivity index (χ0v) is 25.6. The highest BCUT2D eigenvalue weighted by molar-refractivity contribution is 14.1. The number of hydrogen-bond donors (Lipinski definition) is 1. The van der Waals surface area contributed by atoms with E-state index in [1.807, 2.05) is 0 Å². The molecule has 0 bridgehead atoms. The Hall–Kier alpha value is -1.16. The number of halogens is 4. The molecule has 0 aliphatic heterocycles. The third-order valence-corrected chi connectivity index (χ3v) is 11.0. The molecule has 1 aliphatic carbocycles. The van der Waals surface area contributed by atoms with Crippen molar-refractivity contribution in [3.05, 3.63) is 35.5 Å². The SMILES string of the molecule is Cc1c(S(N)(=O)=O)cc(-c2ccc(S(=O)(=O)N(CCCI)C(C)C)c(C(F)(F)F)c2)n1CC1CCCCC1. The molecule has 0 unspecified atom stereocenters. The number of alkyl halides is 4. The molecule has 38 heavy (non-hydrogen) atoms. The van der Waals surface area contributed by atoms with Gasteiger partial charge in [-0.3, -0.25) is 0 Å². The van der Waals surface area contributed by atoms with Crippen molar-refractivity contribution in [3.63, 3.8) is 0 Å². The normalized spacial score (nSPS) is 16.1. The van der Waals surface area contributed by atoms with Gasteiger partial charge in [0.2, 0.25) is 20.0 Å². The second-order valence-corrected chi connectivity index (χ2v) is 14.6. The summed E-state index contributed by atoms with van der Waals surface area (Å²) >= 11 is 2.09. The van der Waals surface area contributed by atoms with Crippen LogP contribution in [0.4, 0.5) is 13.2 Å².